The fourth-order valence-electron chi connectivity index (χ4n) is 3.51. The molecule has 4 heteroatoms. The van der Waals surface area contributed by atoms with Crippen molar-refractivity contribution >= 4 is 11.8 Å². The van der Waals surface area contributed by atoms with Gasteiger partial charge in [-0.3, -0.25) is 4.98 Å². The van der Waals surface area contributed by atoms with Gasteiger partial charge in [0.25, 0.3) is 0 Å². The second-order valence-corrected chi connectivity index (χ2v) is 7.56. The van der Waals surface area contributed by atoms with Gasteiger partial charge < -0.3 is 5.21 Å². The number of hydrogen-bond acceptors (Lipinski definition) is 4. The van der Waals surface area contributed by atoms with Gasteiger partial charge in [-0.25, -0.2) is 0 Å². The van der Waals surface area contributed by atoms with Crippen molar-refractivity contribution in [2.24, 2.45) is 0 Å². The molecule has 0 aliphatic carbocycles. The van der Waals surface area contributed by atoms with Crippen LogP contribution in [0.15, 0.2) is 53.7 Å². The summed E-state index contributed by atoms with van der Waals surface area (Å²) in [5, 5.41) is 13.0. The van der Waals surface area contributed by atoms with E-state index < -0.39 is 0 Å². The molecule has 0 fully saturated rings. The largest absolute Gasteiger partial charge is 0.312 e. The molecule has 24 heavy (non-hydrogen) atoms. The Balaban J connectivity index is 2.09. The van der Waals surface area contributed by atoms with Crippen LogP contribution in [-0.4, -0.2) is 26.5 Å². The fourth-order valence-corrected chi connectivity index (χ4v) is 4.94. The van der Waals surface area contributed by atoms with E-state index in [0.717, 1.165) is 37.0 Å². The van der Waals surface area contributed by atoms with Gasteiger partial charge in [0.05, 0.1) is 11.6 Å². The van der Waals surface area contributed by atoms with Crippen LogP contribution in [0.3, 0.4) is 0 Å². The minimum atomic E-state index is -0.208. The first-order valence-corrected chi connectivity index (χ1v) is 9.80. The van der Waals surface area contributed by atoms with Crippen molar-refractivity contribution in [1.82, 2.24) is 10.0 Å². The van der Waals surface area contributed by atoms with E-state index in [2.05, 4.69) is 49.2 Å². The Labute approximate surface area is 149 Å². The van der Waals surface area contributed by atoms with Crippen molar-refractivity contribution in [2.75, 3.05) is 5.75 Å². The zero-order valence-electron chi connectivity index (χ0n) is 14.5. The van der Waals surface area contributed by atoms with E-state index in [1.165, 1.54) is 10.5 Å². The number of aromatic nitrogens is 1. The predicted molar refractivity (Wildman–Crippen MR) is 99.4 cm³/mol. The number of rotatable bonds is 5. The average molecular weight is 343 g/mol. The van der Waals surface area contributed by atoms with Crippen LogP contribution in [0.5, 0.6) is 0 Å². The van der Waals surface area contributed by atoms with Gasteiger partial charge in [-0.2, -0.15) is 5.06 Å². The summed E-state index contributed by atoms with van der Waals surface area (Å²) in [6.07, 6.45) is 7.87. The van der Waals surface area contributed by atoms with Crippen molar-refractivity contribution in [3.63, 3.8) is 0 Å². The Kier molecular flexibility index (Phi) is 5.59. The molecule has 1 N–H and O–H groups in total. The van der Waals surface area contributed by atoms with Gasteiger partial charge in [0.15, 0.2) is 0 Å². The lowest BCUT2D eigenvalue weighted by molar-refractivity contribution is -0.193. The molecule has 0 radical (unpaired) electrons. The maximum Gasteiger partial charge on any atom is 0.0882 e. The molecule has 2 heterocycles. The van der Waals surface area contributed by atoms with Crippen LogP contribution in [0.2, 0.25) is 0 Å². The molecule has 0 saturated carbocycles. The lowest BCUT2D eigenvalue weighted by Gasteiger charge is -2.42. The van der Waals surface area contributed by atoms with Gasteiger partial charge in [-0.1, -0.05) is 51.0 Å². The molecule has 1 aromatic carbocycles. The first-order valence-electron chi connectivity index (χ1n) is 8.81. The zero-order chi connectivity index (χ0) is 17.0. The van der Waals surface area contributed by atoms with Crippen LogP contribution in [0.4, 0.5) is 0 Å². The molecular formula is C20H26N2OS. The zero-order valence-corrected chi connectivity index (χ0v) is 15.3. The normalized spacial score (nSPS) is 24.4. The van der Waals surface area contributed by atoms with E-state index in [0.29, 0.717) is 0 Å². The summed E-state index contributed by atoms with van der Waals surface area (Å²) in [4.78, 5) is 5.55. The van der Waals surface area contributed by atoms with Crippen LogP contribution in [-0.2, 0) is 0 Å². The molecule has 2 aromatic rings. The Morgan fingerprint density at radius 2 is 2.08 bits per heavy atom. The highest BCUT2D eigenvalue weighted by molar-refractivity contribution is 7.99. The van der Waals surface area contributed by atoms with E-state index in [-0.39, 0.29) is 11.6 Å². The van der Waals surface area contributed by atoms with E-state index >= 15 is 0 Å². The minimum absolute atomic E-state index is 0.165. The molecule has 0 spiro atoms. The van der Waals surface area contributed by atoms with Gasteiger partial charge in [-0.05, 0) is 36.1 Å². The highest BCUT2D eigenvalue weighted by Crippen LogP contribution is 2.45. The van der Waals surface area contributed by atoms with Gasteiger partial charge in [-0.15, -0.1) is 11.8 Å². The number of benzene rings is 1. The second-order valence-electron chi connectivity index (χ2n) is 6.54. The third-order valence-corrected chi connectivity index (χ3v) is 6.46. The number of fused-ring (bicyclic) bond motifs is 1. The molecule has 2 unspecified atom stereocenters. The van der Waals surface area contributed by atoms with Gasteiger partial charge in [0, 0.05) is 23.0 Å². The van der Waals surface area contributed by atoms with Gasteiger partial charge in [0.2, 0.25) is 0 Å². The summed E-state index contributed by atoms with van der Waals surface area (Å²) in [5.41, 5.74) is 2.01. The van der Waals surface area contributed by atoms with E-state index in [1.807, 2.05) is 24.0 Å². The molecule has 1 aliphatic heterocycles. The van der Waals surface area contributed by atoms with Crippen molar-refractivity contribution in [3.05, 3.63) is 59.9 Å². The number of nitrogens with zero attached hydrogens (tertiary/aromatic N) is 2. The lowest BCUT2D eigenvalue weighted by Crippen LogP contribution is -2.49. The Bertz CT molecular complexity index is 664. The standard InChI is InChI=1S/C20H26N2OS/c1-3-5-12-20(4-2)15-24-18-11-7-6-10-17(18)19(22(20)23)16-9-8-13-21-14-16/h6-11,13-14,19,23H,3-5,12,15H2,1-2H3. The topological polar surface area (TPSA) is 36.4 Å². The van der Waals surface area contributed by atoms with Gasteiger partial charge in [0.1, 0.15) is 0 Å². The fraction of sp³-hybridized carbons (Fsp3) is 0.450. The van der Waals surface area contributed by atoms with Crippen LogP contribution in [0.1, 0.15) is 56.7 Å². The summed E-state index contributed by atoms with van der Waals surface area (Å²) >= 11 is 1.87. The highest BCUT2D eigenvalue weighted by atomic mass is 32.2. The van der Waals surface area contributed by atoms with Gasteiger partial charge >= 0.3 is 0 Å². The maximum absolute atomic E-state index is 11.4. The number of hydrogen-bond donors (Lipinski definition) is 1. The quantitative estimate of drug-likeness (QED) is 0.799. The Morgan fingerprint density at radius 1 is 1.25 bits per heavy atom. The van der Waals surface area contributed by atoms with Crippen molar-refractivity contribution in [3.8, 4) is 0 Å². The van der Waals surface area contributed by atoms with Crippen LogP contribution in [0.25, 0.3) is 0 Å². The van der Waals surface area contributed by atoms with Crippen molar-refractivity contribution in [1.29, 1.82) is 0 Å². The molecule has 1 aliphatic rings. The summed E-state index contributed by atoms with van der Waals surface area (Å²) in [7, 11) is 0. The predicted octanol–water partition coefficient (Wildman–Crippen LogP) is 5.31. The Hall–Kier alpha value is -1.36. The molecule has 0 amide bonds. The average Bonchev–Trinajstić information content (AvgIpc) is 2.76. The molecule has 3 rings (SSSR count). The molecule has 2 atom stereocenters. The van der Waals surface area contributed by atoms with Crippen LogP contribution in [0, 0.1) is 0 Å². The number of pyridine rings is 1. The summed E-state index contributed by atoms with van der Waals surface area (Å²) in [6, 6.07) is 12.3. The summed E-state index contributed by atoms with van der Waals surface area (Å²) in [6.45, 7) is 4.40. The first-order chi connectivity index (χ1) is 11.7. The minimum Gasteiger partial charge on any atom is -0.312 e. The number of unbranched alkanes of at least 4 members (excludes halogenated alkanes) is 1. The highest BCUT2D eigenvalue weighted by Gasteiger charge is 2.42. The van der Waals surface area contributed by atoms with E-state index in [9.17, 15) is 5.21 Å². The monoisotopic (exact) mass is 342 g/mol. The lowest BCUT2D eigenvalue weighted by atomic mass is 9.87. The summed E-state index contributed by atoms with van der Waals surface area (Å²) < 4.78 is 0. The third kappa shape index (κ3) is 3.23. The number of thioether (sulfide) groups is 1. The maximum atomic E-state index is 11.4. The van der Waals surface area contributed by atoms with Crippen molar-refractivity contribution in [2.45, 2.75) is 56.0 Å². The SMILES string of the molecule is CCCCC1(CC)CSc2ccccc2C(c2cccnc2)N1O. The summed E-state index contributed by atoms with van der Waals surface area (Å²) in [5.74, 6) is 0.910. The van der Waals surface area contributed by atoms with Crippen molar-refractivity contribution < 1.29 is 5.21 Å². The second kappa shape index (κ2) is 7.68. The van der Waals surface area contributed by atoms with Crippen LogP contribution < -0.4 is 0 Å². The molecule has 0 saturated heterocycles. The number of hydroxylamine groups is 2. The third-order valence-electron chi connectivity index (χ3n) is 5.09. The molecule has 0 bridgehead atoms. The smallest absolute Gasteiger partial charge is 0.0882 e. The molecule has 128 valence electrons. The Morgan fingerprint density at radius 3 is 2.79 bits per heavy atom. The van der Waals surface area contributed by atoms with E-state index in [1.54, 1.807) is 11.3 Å². The first kappa shape index (κ1) is 17.5. The molecule has 3 nitrogen and oxygen atoms in total. The van der Waals surface area contributed by atoms with E-state index in [4.69, 9.17) is 0 Å². The molecule has 1 aromatic heterocycles. The van der Waals surface area contributed by atoms with Crippen LogP contribution >= 0.6 is 11.8 Å². The molecular weight excluding hydrogens is 316 g/mol.